The molecule has 1 heterocycles. The normalized spacial score (nSPS) is 18.7. The fourth-order valence-electron chi connectivity index (χ4n) is 3.27. The maximum absolute atomic E-state index is 11.9. The highest BCUT2D eigenvalue weighted by molar-refractivity contribution is 5.90. The molecule has 0 bridgehead atoms. The van der Waals surface area contributed by atoms with Crippen molar-refractivity contribution in [2.45, 2.75) is 46.5 Å². The number of aryl methyl sites for hydroxylation is 2. The van der Waals surface area contributed by atoms with E-state index in [1.165, 1.54) is 31.5 Å². The van der Waals surface area contributed by atoms with Crippen LogP contribution in [-0.2, 0) is 0 Å². The highest BCUT2D eigenvalue weighted by atomic mass is 16.2. The predicted octanol–water partition coefficient (Wildman–Crippen LogP) is 3.94. The van der Waals surface area contributed by atoms with Crippen LogP contribution in [0.1, 0.15) is 43.7 Å². The lowest BCUT2D eigenvalue weighted by molar-refractivity contribution is 0.181. The number of urea groups is 1. The Bertz CT molecular complexity index is 515. The van der Waals surface area contributed by atoms with Crippen molar-refractivity contribution < 1.29 is 4.79 Å². The first-order valence-electron chi connectivity index (χ1n) is 8.89. The lowest BCUT2D eigenvalue weighted by Gasteiger charge is -2.30. The topological polar surface area (TPSA) is 44.4 Å². The number of benzene rings is 1. The van der Waals surface area contributed by atoms with Gasteiger partial charge in [0.15, 0.2) is 0 Å². The Morgan fingerprint density at radius 3 is 2.87 bits per heavy atom. The molecule has 0 aromatic heterocycles. The number of hydrogen-bond acceptors (Lipinski definition) is 2. The lowest BCUT2D eigenvalue weighted by Crippen LogP contribution is -2.35. The Balaban J connectivity index is 1.59. The molecule has 0 spiro atoms. The Labute approximate surface area is 140 Å². The summed E-state index contributed by atoms with van der Waals surface area (Å²) in [6.45, 7) is 10.8. The number of rotatable bonds is 6. The van der Waals surface area contributed by atoms with Crippen molar-refractivity contribution in [3.63, 3.8) is 0 Å². The molecule has 2 amide bonds. The molecule has 128 valence electrons. The van der Waals surface area contributed by atoms with Crippen LogP contribution in [0.4, 0.5) is 10.5 Å². The molecule has 2 N–H and O–H groups in total. The molecule has 1 aliphatic heterocycles. The van der Waals surface area contributed by atoms with Gasteiger partial charge >= 0.3 is 6.03 Å². The molecule has 1 aromatic carbocycles. The zero-order valence-electron chi connectivity index (χ0n) is 14.8. The first-order valence-corrected chi connectivity index (χ1v) is 8.89. The summed E-state index contributed by atoms with van der Waals surface area (Å²) in [5.74, 6) is 0.838. The van der Waals surface area contributed by atoms with E-state index in [0.29, 0.717) is 0 Å². The molecule has 4 nitrogen and oxygen atoms in total. The minimum Gasteiger partial charge on any atom is -0.338 e. The summed E-state index contributed by atoms with van der Waals surface area (Å²) in [6.07, 6.45) is 4.89. The van der Waals surface area contributed by atoms with E-state index in [1.54, 1.807) is 0 Å². The van der Waals surface area contributed by atoms with Gasteiger partial charge in [0.25, 0.3) is 0 Å². The second-order valence-corrected chi connectivity index (χ2v) is 6.95. The van der Waals surface area contributed by atoms with Gasteiger partial charge in [-0.2, -0.15) is 0 Å². The van der Waals surface area contributed by atoms with Gasteiger partial charge in [0.2, 0.25) is 0 Å². The van der Waals surface area contributed by atoms with Crippen LogP contribution < -0.4 is 10.6 Å². The summed E-state index contributed by atoms with van der Waals surface area (Å²) in [5, 5.41) is 5.87. The molecule has 0 radical (unpaired) electrons. The van der Waals surface area contributed by atoms with Crippen LogP contribution in [0.15, 0.2) is 18.2 Å². The summed E-state index contributed by atoms with van der Waals surface area (Å²) in [5.41, 5.74) is 3.19. The van der Waals surface area contributed by atoms with Gasteiger partial charge in [0.1, 0.15) is 0 Å². The fourth-order valence-corrected chi connectivity index (χ4v) is 3.27. The molecular weight excluding hydrogens is 286 g/mol. The van der Waals surface area contributed by atoms with Crippen LogP contribution in [0.5, 0.6) is 0 Å². The van der Waals surface area contributed by atoms with Crippen LogP contribution in [0, 0.1) is 19.8 Å². The first kappa shape index (κ1) is 17.8. The summed E-state index contributed by atoms with van der Waals surface area (Å²) >= 11 is 0. The molecule has 1 saturated heterocycles. The van der Waals surface area contributed by atoms with Crippen LogP contribution in [0.3, 0.4) is 0 Å². The van der Waals surface area contributed by atoms with Crippen LogP contribution in [-0.4, -0.2) is 37.1 Å². The minimum absolute atomic E-state index is 0.108. The molecule has 1 atom stereocenters. The number of anilines is 1. The average molecular weight is 317 g/mol. The summed E-state index contributed by atoms with van der Waals surface area (Å²) in [4.78, 5) is 14.5. The van der Waals surface area contributed by atoms with Crippen molar-refractivity contribution in [2.75, 3.05) is 31.5 Å². The molecular formula is C19H31N3O. The zero-order valence-corrected chi connectivity index (χ0v) is 14.8. The smallest absolute Gasteiger partial charge is 0.319 e. The quantitative estimate of drug-likeness (QED) is 0.781. The van der Waals surface area contributed by atoms with E-state index in [-0.39, 0.29) is 6.03 Å². The Hall–Kier alpha value is -1.55. The van der Waals surface area contributed by atoms with Gasteiger partial charge in [-0.1, -0.05) is 24.6 Å². The molecule has 1 aliphatic rings. The van der Waals surface area contributed by atoms with Crippen LogP contribution >= 0.6 is 0 Å². The highest BCUT2D eigenvalue weighted by Crippen LogP contribution is 2.16. The number of nitrogens with zero attached hydrogens (tertiary/aromatic N) is 1. The summed E-state index contributed by atoms with van der Waals surface area (Å²) in [6, 6.07) is 5.95. The third-order valence-electron chi connectivity index (χ3n) is 4.56. The standard InChI is InChI=1S/C19H31N3O/c1-15-8-9-18(17(3)13-15)21-19(23)20-10-4-5-11-22-12-6-7-16(2)14-22/h8-9,13,16H,4-7,10-12,14H2,1-3H3,(H2,20,21,23). The van der Waals surface area contributed by atoms with Crippen molar-refractivity contribution >= 4 is 11.7 Å². The van der Waals surface area contributed by atoms with Gasteiger partial charge < -0.3 is 15.5 Å². The van der Waals surface area contributed by atoms with E-state index in [9.17, 15) is 4.79 Å². The number of unbranched alkanes of at least 4 members (excludes halogenated alkanes) is 1. The second kappa shape index (κ2) is 8.92. The van der Waals surface area contributed by atoms with E-state index in [0.717, 1.165) is 43.1 Å². The molecule has 23 heavy (non-hydrogen) atoms. The van der Waals surface area contributed by atoms with E-state index in [1.807, 2.05) is 19.1 Å². The number of piperidine rings is 1. The average Bonchev–Trinajstić information content (AvgIpc) is 2.50. The number of carbonyl (C=O) groups is 1. The first-order chi connectivity index (χ1) is 11.0. The van der Waals surface area contributed by atoms with Crippen molar-refractivity contribution in [2.24, 2.45) is 5.92 Å². The SMILES string of the molecule is Cc1ccc(NC(=O)NCCCCN2CCCC(C)C2)c(C)c1. The van der Waals surface area contributed by atoms with E-state index in [2.05, 4.69) is 35.4 Å². The Morgan fingerprint density at radius 2 is 2.13 bits per heavy atom. The van der Waals surface area contributed by atoms with Gasteiger partial charge in [-0.15, -0.1) is 0 Å². The van der Waals surface area contributed by atoms with Crippen molar-refractivity contribution in [3.8, 4) is 0 Å². The zero-order chi connectivity index (χ0) is 16.7. The van der Waals surface area contributed by atoms with Gasteiger partial charge in [-0.05, 0) is 70.2 Å². The monoisotopic (exact) mass is 317 g/mol. The number of amides is 2. The van der Waals surface area contributed by atoms with Crippen LogP contribution in [0.25, 0.3) is 0 Å². The Morgan fingerprint density at radius 1 is 1.30 bits per heavy atom. The molecule has 4 heteroatoms. The molecule has 1 fully saturated rings. The third-order valence-corrected chi connectivity index (χ3v) is 4.56. The molecule has 1 unspecified atom stereocenters. The summed E-state index contributed by atoms with van der Waals surface area (Å²) in [7, 11) is 0. The van der Waals surface area contributed by atoms with Crippen LogP contribution in [0.2, 0.25) is 0 Å². The third kappa shape index (κ3) is 6.22. The fraction of sp³-hybridized carbons (Fsp3) is 0.632. The maximum Gasteiger partial charge on any atom is 0.319 e. The second-order valence-electron chi connectivity index (χ2n) is 6.95. The van der Waals surface area contributed by atoms with Crippen molar-refractivity contribution in [1.29, 1.82) is 0 Å². The van der Waals surface area contributed by atoms with E-state index < -0.39 is 0 Å². The van der Waals surface area contributed by atoms with Crippen molar-refractivity contribution in [1.82, 2.24) is 10.2 Å². The largest absolute Gasteiger partial charge is 0.338 e. The number of nitrogens with one attached hydrogen (secondary N) is 2. The van der Waals surface area contributed by atoms with E-state index >= 15 is 0 Å². The molecule has 0 saturated carbocycles. The molecule has 1 aromatic rings. The van der Waals surface area contributed by atoms with Gasteiger partial charge in [-0.3, -0.25) is 0 Å². The molecule has 2 rings (SSSR count). The predicted molar refractivity (Wildman–Crippen MR) is 97.0 cm³/mol. The number of likely N-dealkylation sites (tertiary alicyclic amines) is 1. The number of hydrogen-bond donors (Lipinski definition) is 2. The van der Waals surface area contributed by atoms with E-state index in [4.69, 9.17) is 0 Å². The van der Waals surface area contributed by atoms with Gasteiger partial charge in [-0.25, -0.2) is 4.79 Å². The highest BCUT2D eigenvalue weighted by Gasteiger charge is 2.15. The maximum atomic E-state index is 11.9. The van der Waals surface area contributed by atoms with Gasteiger partial charge in [0.05, 0.1) is 0 Å². The van der Waals surface area contributed by atoms with Crippen molar-refractivity contribution in [3.05, 3.63) is 29.3 Å². The van der Waals surface area contributed by atoms with Gasteiger partial charge in [0, 0.05) is 18.8 Å². The minimum atomic E-state index is -0.108. The number of carbonyl (C=O) groups excluding carboxylic acids is 1. The molecule has 0 aliphatic carbocycles. The summed E-state index contributed by atoms with van der Waals surface area (Å²) < 4.78 is 0. The Kier molecular flexibility index (Phi) is 6.90. The lowest BCUT2D eigenvalue weighted by atomic mass is 10.0.